The second kappa shape index (κ2) is 3.27. The molecule has 0 aliphatic heterocycles. The van der Waals surface area contributed by atoms with Gasteiger partial charge in [0.1, 0.15) is 11.6 Å². The first kappa shape index (κ1) is 7.17. The fraction of sp³-hybridized carbons (Fsp3) is 0. The number of aromatic nitrogens is 3. The molecule has 2 heterocycles. The summed E-state index contributed by atoms with van der Waals surface area (Å²) in [6.07, 6.45) is 4.92. The van der Waals surface area contributed by atoms with Crippen LogP contribution in [0.1, 0.15) is 0 Å². The Balaban J connectivity index is 2.15. The van der Waals surface area contributed by atoms with Gasteiger partial charge in [-0.05, 0) is 0 Å². The molecule has 0 saturated heterocycles. The van der Waals surface area contributed by atoms with E-state index in [0.29, 0.717) is 5.82 Å². The molecule has 12 heavy (non-hydrogen) atoms. The van der Waals surface area contributed by atoms with Crippen LogP contribution in [0.4, 0.5) is 11.6 Å². The molecule has 0 saturated carbocycles. The van der Waals surface area contributed by atoms with Crippen LogP contribution in [-0.2, 0) is 0 Å². The van der Waals surface area contributed by atoms with Crippen molar-refractivity contribution in [2.75, 3.05) is 5.32 Å². The van der Waals surface area contributed by atoms with E-state index in [2.05, 4.69) is 20.3 Å². The lowest BCUT2D eigenvalue weighted by Gasteiger charge is -1.98. The number of thiazole rings is 1. The Bertz CT molecular complexity index is 332. The normalized spacial score (nSPS) is 9.67. The topological polar surface area (TPSA) is 50.7 Å². The van der Waals surface area contributed by atoms with Crippen molar-refractivity contribution in [3.63, 3.8) is 0 Å². The largest absolute Gasteiger partial charge is 0.323 e. The van der Waals surface area contributed by atoms with E-state index in [1.54, 1.807) is 24.1 Å². The van der Waals surface area contributed by atoms with Crippen molar-refractivity contribution in [2.45, 2.75) is 0 Å². The zero-order valence-electron chi connectivity index (χ0n) is 6.14. The third kappa shape index (κ3) is 1.57. The highest BCUT2D eigenvalue weighted by molar-refractivity contribution is 7.07. The maximum atomic E-state index is 4.05. The van der Waals surface area contributed by atoms with Gasteiger partial charge in [0.15, 0.2) is 0 Å². The predicted molar refractivity (Wildman–Crippen MR) is 47.4 cm³/mol. The molecule has 2 aromatic heterocycles. The molecule has 0 atom stereocenters. The standard InChI is InChI=1S/C7H6N4S/c1-2-9-6(3-8-1)11-7-4-12-5-10-7/h1-5H,(H,9,11). The summed E-state index contributed by atoms with van der Waals surface area (Å²) in [7, 11) is 0. The van der Waals surface area contributed by atoms with Gasteiger partial charge in [0, 0.05) is 17.8 Å². The first-order valence-corrected chi connectivity index (χ1v) is 4.30. The van der Waals surface area contributed by atoms with Crippen molar-refractivity contribution < 1.29 is 0 Å². The molecule has 0 aliphatic carbocycles. The number of anilines is 2. The van der Waals surface area contributed by atoms with Gasteiger partial charge in [0.2, 0.25) is 0 Å². The molecule has 0 aliphatic rings. The Morgan fingerprint density at radius 1 is 1.17 bits per heavy atom. The van der Waals surface area contributed by atoms with E-state index in [1.807, 2.05) is 5.38 Å². The molecule has 0 unspecified atom stereocenters. The van der Waals surface area contributed by atoms with Crippen LogP contribution in [0.2, 0.25) is 0 Å². The third-order valence-electron chi connectivity index (χ3n) is 1.25. The van der Waals surface area contributed by atoms with Crippen molar-refractivity contribution in [3.05, 3.63) is 29.5 Å². The molecule has 5 heteroatoms. The van der Waals surface area contributed by atoms with Gasteiger partial charge < -0.3 is 5.32 Å². The highest BCUT2D eigenvalue weighted by Crippen LogP contribution is 2.11. The van der Waals surface area contributed by atoms with Crippen molar-refractivity contribution in [1.82, 2.24) is 15.0 Å². The highest BCUT2D eigenvalue weighted by Gasteiger charge is 1.94. The summed E-state index contributed by atoms with van der Waals surface area (Å²) >= 11 is 1.54. The van der Waals surface area contributed by atoms with Crippen LogP contribution in [0.15, 0.2) is 29.5 Å². The van der Waals surface area contributed by atoms with Gasteiger partial charge >= 0.3 is 0 Å². The summed E-state index contributed by atoms with van der Waals surface area (Å²) in [5.74, 6) is 1.52. The quantitative estimate of drug-likeness (QED) is 0.760. The summed E-state index contributed by atoms with van der Waals surface area (Å²) in [4.78, 5) is 12.0. The number of hydrogen-bond donors (Lipinski definition) is 1. The average molecular weight is 178 g/mol. The smallest absolute Gasteiger partial charge is 0.150 e. The second-order valence-electron chi connectivity index (χ2n) is 2.09. The first-order chi connectivity index (χ1) is 5.95. The van der Waals surface area contributed by atoms with E-state index in [0.717, 1.165) is 5.82 Å². The lowest BCUT2D eigenvalue weighted by atomic mass is 10.6. The van der Waals surface area contributed by atoms with E-state index in [9.17, 15) is 0 Å². The van der Waals surface area contributed by atoms with Crippen molar-refractivity contribution >= 4 is 23.0 Å². The molecule has 2 aromatic rings. The Morgan fingerprint density at radius 3 is 2.83 bits per heavy atom. The minimum absolute atomic E-state index is 0.711. The fourth-order valence-corrected chi connectivity index (χ4v) is 1.25. The maximum absolute atomic E-state index is 4.05. The Labute approximate surface area is 73.3 Å². The SMILES string of the molecule is c1cnc(Nc2cscn2)cn1. The van der Waals surface area contributed by atoms with Crippen LogP contribution in [0, 0.1) is 0 Å². The minimum Gasteiger partial charge on any atom is -0.323 e. The second-order valence-corrected chi connectivity index (χ2v) is 2.81. The lowest BCUT2D eigenvalue weighted by molar-refractivity contribution is 1.19. The Hall–Kier alpha value is -1.49. The maximum Gasteiger partial charge on any atom is 0.150 e. The zero-order chi connectivity index (χ0) is 8.23. The molecule has 0 aromatic carbocycles. The molecule has 0 fully saturated rings. The van der Waals surface area contributed by atoms with Gasteiger partial charge in [-0.2, -0.15) is 0 Å². The van der Waals surface area contributed by atoms with Gasteiger partial charge in [-0.25, -0.2) is 9.97 Å². The molecule has 0 amide bonds. The molecule has 0 radical (unpaired) electrons. The highest BCUT2D eigenvalue weighted by atomic mass is 32.1. The zero-order valence-corrected chi connectivity index (χ0v) is 6.95. The molecular weight excluding hydrogens is 172 g/mol. The predicted octanol–water partition coefficient (Wildman–Crippen LogP) is 1.68. The van der Waals surface area contributed by atoms with Crippen LogP contribution >= 0.6 is 11.3 Å². The molecule has 0 bridgehead atoms. The van der Waals surface area contributed by atoms with E-state index in [4.69, 9.17) is 0 Å². The monoisotopic (exact) mass is 178 g/mol. The Morgan fingerprint density at radius 2 is 2.17 bits per heavy atom. The summed E-state index contributed by atoms with van der Waals surface area (Å²) in [5.41, 5.74) is 1.76. The molecule has 2 rings (SSSR count). The van der Waals surface area contributed by atoms with Crippen LogP contribution < -0.4 is 5.32 Å². The number of nitrogens with zero attached hydrogens (tertiary/aromatic N) is 3. The summed E-state index contributed by atoms with van der Waals surface area (Å²) < 4.78 is 0. The summed E-state index contributed by atoms with van der Waals surface area (Å²) in [6.45, 7) is 0. The molecule has 4 nitrogen and oxygen atoms in total. The number of nitrogens with one attached hydrogen (secondary N) is 1. The van der Waals surface area contributed by atoms with E-state index in [-0.39, 0.29) is 0 Å². The summed E-state index contributed by atoms with van der Waals surface area (Å²) in [5, 5.41) is 4.92. The average Bonchev–Trinajstić information content (AvgIpc) is 2.59. The van der Waals surface area contributed by atoms with Gasteiger partial charge in [-0.15, -0.1) is 11.3 Å². The molecule has 0 spiro atoms. The molecule has 1 N–H and O–H groups in total. The number of hydrogen-bond acceptors (Lipinski definition) is 5. The lowest BCUT2D eigenvalue weighted by Crippen LogP contribution is -1.92. The van der Waals surface area contributed by atoms with E-state index in [1.165, 1.54) is 11.3 Å². The van der Waals surface area contributed by atoms with Crippen molar-refractivity contribution in [2.24, 2.45) is 0 Å². The third-order valence-corrected chi connectivity index (χ3v) is 1.84. The van der Waals surface area contributed by atoms with Crippen molar-refractivity contribution in [3.8, 4) is 0 Å². The Kier molecular flexibility index (Phi) is 1.96. The van der Waals surface area contributed by atoms with Crippen LogP contribution in [0.3, 0.4) is 0 Å². The van der Waals surface area contributed by atoms with Gasteiger partial charge in [0.05, 0.1) is 11.7 Å². The number of rotatable bonds is 2. The fourth-order valence-electron chi connectivity index (χ4n) is 0.769. The van der Waals surface area contributed by atoms with Gasteiger partial charge in [0.25, 0.3) is 0 Å². The van der Waals surface area contributed by atoms with Gasteiger partial charge in [-0.1, -0.05) is 0 Å². The van der Waals surface area contributed by atoms with Gasteiger partial charge in [-0.3, -0.25) is 4.98 Å². The van der Waals surface area contributed by atoms with Crippen LogP contribution in [-0.4, -0.2) is 15.0 Å². The first-order valence-electron chi connectivity index (χ1n) is 3.36. The van der Waals surface area contributed by atoms with E-state index >= 15 is 0 Å². The molecular formula is C7H6N4S. The minimum atomic E-state index is 0.711. The van der Waals surface area contributed by atoms with Crippen LogP contribution in [0.25, 0.3) is 0 Å². The van der Waals surface area contributed by atoms with Crippen LogP contribution in [0.5, 0.6) is 0 Å². The molecule has 60 valence electrons. The van der Waals surface area contributed by atoms with E-state index < -0.39 is 0 Å². The summed E-state index contributed by atoms with van der Waals surface area (Å²) in [6, 6.07) is 0. The van der Waals surface area contributed by atoms with Crippen molar-refractivity contribution in [1.29, 1.82) is 0 Å².